The minimum Gasteiger partial charge on any atom is -0.347 e. The Balaban J connectivity index is 1.75. The van der Waals surface area contributed by atoms with Gasteiger partial charge in [0, 0.05) is 34.5 Å². The normalized spacial score (nSPS) is 17.5. The van der Waals surface area contributed by atoms with Crippen molar-refractivity contribution in [1.29, 1.82) is 0 Å². The summed E-state index contributed by atoms with van der Waals surface area (Å²) in [6, 6.07) is 15.4. The summed E-state index contributed by atoms with van der Waals surface area (Å²) in [6.45, 7) is 3.03. The van der Waals surface area contributed by atoms with Gasteiger partial charge >= 0.3 is 0 Å². The predicted molar refractivity (Wildman–Crippen MR) is 106 cm³/mol. The predicted octanol–water partition coefficient (Wildman–Crippen LogP) is 4.86. The second-order valence-electron chi connectivity index (χ2n) is 6.60. The summed E-state index contributed by atoms with van der Waals surface area (Å²) in [5.74, 6) is -0.708. The summed E-state index contributed by atoms with van der Waals surface area (Å²) in [4.78, 5) is 27.0. The Bertz CT molecular complexity index is 991. The first-order valence-electron chi connectivity index (χ1n) is 8.80. The van der Waals surface area contributed by atoms with Gasteiger partial charge in [-0.05, 0) is 42.3 Å². The molecule has 0 bridgehead atoms. The highest BCUT2D eigenvalue weighted by atomic mass is 79.9. The van der Waals surface area contributed by atoms with Crippen molar-refractivity contribution in [3.63, 3.8) is 0 Å². The van der Waals surface area contributed by atoms with E-state index in [4.69, 9.17) is 0 Å². The fourth-order valence-corrected chi connectivity index (χ4v) is 3.98. The quantitative estimate of drug-likeness (QED) is 0.576. The number of nitrogens with zero attached hydrogens (tertiary/aromatic N) is 2. The summed E-state index contributed by atoms with van der Waals surface area (Å²) < 4.78 is 3.10. The SMILES string of the molecule is CCCn1cc([C@H]2CC(=O)N(c3ccc(Br)cc3)C2=O)c2ccccc21. The van der Waals surface area contributed by atoms with Crippen LogP contribution in [0.1, 0.15) is 31.2 Å². The number of rotatable bonds is 4. The fraction of sp³-hybridized carbons (Fsp3) is 0.238. The van der Waals surface area contributed by atoms with E-state index in [9.17, 15) is 9.59 Å². The molecule has 2 heterocycles. The third kappa shape index (κ3) is 2.76. The van der Waals surface area contributed by atoms with Crippen LogP contribution >= 0.6 is 15.9 Å². The lowest BCUT2D eigenvalue weighted by molar-refractivity contribution is -0.121. The highest BCUT2D eigenvalue weighted by molar-refractivity contribution is 9.10. The second-order valence-corrected chi connectivity index (χ2v) is 7.51. The molecule has 1 atom stereocenters. The number of para-hydroxylation sites is 1. The van der Waals surface area contributed by atoms with E-state index in [1.807, 2.05) is 30.3 Å². The highest BCUT2D eigenvalue weighted by Crippen LogP contribution is 2.37. The van der Waals surface area contributed by atoms with E-state index >= 15 is 0 Å². The van der Waals surface area contributed by atoms with E-state index in [0.29, 0.717) is 5.69 Å². The first kappa shape index (κ1) is 17.0. The molecule has 0 spiro atoms. The van der Waals surface area contributed by atoms with Gasteiger partial charge in [-0.25, -0.2) is 0 Å². The third-order valence-corrected chi connectivity index (χ3v) is 5.42. The summed E-state index contributed by atoms with van der Waals surface area (Å²) in [5.41, 5.74) is 2.70. The van der Waals surface area contributed by atoms with Gasteiger partial charge in [-0.2, -0.15) is 0 Å². The molecule has 0 radical (unpaired) electrons. The van der Waals surface area contributed by atoms with Crippen molar-refractivity contribution < 1.29 is 9.59 Å². The Kier molecular flexibility index (Phi) is 4.41. The minimum atomic E-state index is -0.422. The molecule has 3 aromatic rings. The van der Waals surface area contributed by atoms with Gasteiger partial charge in [0.1, 0.15) is 0 Å². The lowest BCUT2D eigenvalue weighted by atomic mass is 9.97. The maximum atomic E-state index is 13.1. The van der Waals surface area contributed by atoms with Crippen molar-refractivity contribution in [3.05, 3.63) is 64.8 Å². The maximum absolute atomic E-state index is 13.1. The smallest absolute Gasteiger partial charge is 0.241 e. The van der Waals surface area contributed by atoms with Crippen LogP contribution in [0.25, 0.3) is 10.9 Å². The fourth-order valence-electron chi connectivity index (χ4n) is 3.72. The number of fused-ring (bicyclic) bond motifs is 1. The van der Waals surface area contributed by atoms with E-state index in [0.717, 1.165) is 33.9 Å². The van der Waals surface area contributed by atoms with Crippen molar-refractivity contribution in [2.24, 2.45) is 0 Å². The van der Waals surface area contributed by atoms with Crippen molar-refractivity contribution in [2.45, 2.75) is 32.2 Å². The van der Waals surface area contributed by atoms with Gasteiger partial charge in [0.25, 0.3) is 0 Å². The molecule has 2 amide bonds. The number of halogens is 1. The number of aryl methyl sites for hydroxylation is 1. The molecule has 4 nitrogen and oxygen atoms in total. The minimum absolute atomic E-state index is 0.142. The molecule has 1 fully saturated rings. The van der Waals surface area contributed by atoms with Gasteiger partial charge < -0.3 is 4.57 Å². The van der Waals surface area contributed by atoms with E-state index in [1.165, 1.54) is 4.90 Å². The van der Waals surface area contributed by atoms with Crippen molar-refractivity contribution in [3.8, 4) is 0 Å². The number of hydrogen-bond donors (Lipinski definition) is 0. The molecule has 4 rings (SSSR count). The zero-order chi connectivity index (χ0) is 18.3. The largest absolute Gasteiger partial charge is 0.347 e. The number of carbonyl (C=O) groups is 2. The topological polar surface area (TPSA) is 42.3 Å². The molecule has 26 heavy (non-hydrogen) atoms. The Hall–Kier alpha value is -2.40. The zero-order valence-electron chi connectivity index (χ0n) is 14.5. The van der Waals surface area contributed by atoms with Crippen LogP contribution in [0, 0.1) is 0 Å². The van der Waals surface area contributed by atoms with Crippen LogP contribution in [0.4, 0.5) is 5.69 Å². The summed E-state index contributed by atoms with van der Waals surface area (Å²) in [6.07, 6.45) is 3.28. The van der Waals surface area contributed by atoms with Crippen LogP contribution in [-0.2, 0) is 16.1 Å². The lowest BCUT2D eigenvalue weighted by Crippen LogP contribution is -2.29. The second kappa shape index (κ2) is 6.72. The van der Waals surface area contributed by atoms with Gasteiger partial charge in [-0.15, -0.1) is 0 Å². The number of imide groups is 1. The number of anilines is 1. The summed E-state index contributed by atoms with van der Waals surface area (Å²) in [7, 11) is 0. The number of carbonyl (C=O) groups excluding carboxylic acids is 2. The summed E-state index contributed by atoms with van der Waals surface area (Å²) in [5, 5.41) is 1.06. The average molecular weight is 411 g/mol. The van der Waals surface area contributed by atoms with Gasteiger partial charge in [0.05, 0.1) is 11.6 Å². The molecule has 1 saturated heterocycles. The molecule has 1 aliphatic heterocycles. The van der Waals surface area contributed by atoms with Crippen LogP contribution in [0.5, 0.6) is 0 Å². The van der Waals surface area contributed by atoms with E-state index in [-0.39, 0.29) is 18.2 Å². The lowest BCUT2D eigenvalue weighted by Gasteiger charge is -2.15. The van der Waals surface area contributed by atoms with Gasteiger partial charge in [-0.3, -0.25) is 14.5 Å². The number of hydrogen-bond acceptors (Lipinski definition) is 2. The van der Waals surface area contributed by atoms with E-state index in [2.05, 4.69) is 39.7 Å². The standard InChI is InChI=1S/C21H19BrN2O2/c1-2-11-23-13-18(16-5-3-4-6-19(16)23)17-12-20(25)24(21(17)26)15-9-7-14(22)8-10-15/h3-10,13,17H,2,11-12H2,1H3/t17-/m1/s1. The van der Waals surface area contributed by atoms with Gasteiger partial charge in [0.2, 0.25) is 11.8 Å². The molecular weight excluding hydrogens is 392 g/mol. The van der Waals surface area contributed by atoms with E-state index in [1.54, 1.807) is 12.1 Å². The molecule has 0 unspecified atom stereocenters. The molecule has 0 saturated carbocycles. The molecule has 0 N–H and O–H groups in total. The molecule has 0 aliphatic carbocycles. The van der Waals surface area contributed by atoms with Crippen molar-refractivity contribution in [1.82, 2.24) is 4.57 Å². The molecule has 1 aliphatic rings. The third-order valence-electron chi connectivity index (χ3n) is 4.89. The number of amides is 2. The Labute approximate surface area is 160 Å². The molecule has 2 aromatic carbocycles. The van der Waals surface area contributed by atoms with Crippen LogP contribution in [-0.4, -0.2) is 16.4 Å². The average Bonchev–Trinajstić information content (AvgIpc) is 3.14. The Morgan fingerprint density at radius 1 is 1.08 bits per heavy atom. The molecule has 132 valence electrons. The van der Waals surface area contributed by atoms with E-state index < -0.39 is 5.92 Å². The molecule has 1 aromatic heterocycles. The monoisotopic (exact) mass is 410 g/mol. The first-order valence-corrected chi connectivity index (χ1v) is 9.59. The maximum Gasteiger partial charge on any atom is 0.241 e. The van der Waals surface area contributed by atoms with Crippen LogP contribution in [0.15, 0.2) is 59.2 Å². The molecular formula is C21H19BrN2O2. The van der Waals surface area contributed by atoms with Crippen LogP contribution < -0.4 is 4.90 Å². The van der Waals surface area contributed by atoms with Crippen molar-refractivity contribution in [2.75, 3.05) is 4.90 Å². The van der Waals surface area contributed by atoms with Crippen LogP contribution in [0.2, 0.25) is 0 Å². The van der Waals surface area contributed by atoms with Crippen molar-refractivity contribution >= 4 is 44.3 Å². The van der Waals surface area contributed by atoms with Gasteiger partial charge in [-0.1, -0.05) is 41.1 Å². The Morgan fingerprint density at radius 2 is 1.81 bits per heavy atom. The molecule has 5 heteroatoms. The number of benzene rings is 2. The number of aromatic nitrogens is 1. The highest BCUT2D eigenvalue weighted by Gasteiger charge is 2.41. The van der Waals surface area contributed by atoms with Crippen LogP contribution in [0.3, 0.4) is 0 Å². The zero-order valence-corrected chi connectivity index (χ0v) is 16.1. The first-order chi connectivity index (χ1) is 12.6. The summed E-state index contributed by atoms with van der Waals surface area (Å²) >= 11 is 3.39. The Morgan fingerprint density at radius 3 is 2.54 bits per heavy atom. The van der Waals surface area contributed by atoms with Gasteiger partial charge in [0.15, 0.2) is 0 Å².